The van der Waals surface area contributed by atoms with Crippen molar-refractivity contribution in [2.75, 3.05) is 5.75 Å². The van der Waals surface area contributed by atoms with E-state index in [2.05, 4.69) is 16.8 Å². The van der Waals surface area contributed by atoms with E-state index in [4.69, 9.17) is 0 Å². The van der Waals surface area contributed by atoms with E-state index < -0.39 is 0 Å². The van der Waals surface area contributed by atoms with Crippen molar-refractivity contribution in [3.8, 4) is 0 Å². The lowest BCUT2D eigenvalue weighted by Gasteiger charge is -2.22. The maximum Gasteiger partial charge on any atom is 0.219 e. The highest BCUT2D eigenvalue weighted by Gasteiger charge is 2.20. The molecule has 1 unspecified atom stereocenters. The minimum atomic E-state index is 0.161. The Bertz CT molecular complexity index is 335. The Labute approximate surface area is 92.1 Å². The number of fused-ring (bicyclic) bond motifs is 1. The highest BCUT2D eigenvalue weighted by molar-refractivity contribution is 8.01. The van der Waals surface area contributed by atoms with Crippen molar-refractivity contribution in [2.24, 2.45) is 0 Å². The lowest BCUT2D eigenvalue weighted by molar-refractivity contribution is -0.121. The molecule has 0 radical (unpaired) electrons. The van der Waals surface area contributed by atoms with Crippen LogP contribution in [0.5, 0.6) is 0 Å². The summed E-state index contributed by atoms with van der Waals surface area (Å²) < 4.78 is 1.42. The highest BCUT2D eigenvalue weighted by atomic mass is 32.2. The van der Waals surface area contributed by atoms with E-state index in [1.165, 1.54) is 9.77 Å². The fourth-order valence-electron chi connectivity index (χ4n) is 1.52. The van der Waals surface area contributed by atoms with Gasteiger partial charge in [-0.25, -0.2) is 0 Å². The summed E-state index contributed by atoms with van der Waals surface area (Å²) in [6.07, 6.45) is 1.58. The second-order valence-electron chi connectivity index (χ2n) is 3.37. The second kappa shape index (κ2) is 4.36. The Hall–Kier alpha value is -0.480. The van der Waals surface area contributed by atoms with Crippen molar-refractivity contribution in [3.05, 3.63) is 17.0 Å². The quantitative estimate of drug-likeness (QED) is 0.840. The van der Waals surface area contributed by atoms with Gasteiger partial charge in [0.1, 0.15) is 0 Å². The molecule has 0 fully saturated rings. The van der Waals surface area contributed by atoms with Crippen molar-refractivity contribution < 1.29 is 4.79 Å². The molecule has 1 aromatic rings. The third-order valence-electron chi connectivity index (χ3n) is 2.27. The molecule has 0 aliphatic carbocycles. The number of thioether (sulfide) groups is 1. The first-order chi connectivity index (χ1) is 6.79. The van der Waals surface area contributed by atoms with Crippen LogP contribution in [0.3, 0.4) is 0 Å². The molecular formula is C10H13NOS2. The molecule has 1 N–H and O–H groups in total. The zero-order valence-electron chi connectivity index (χ0n) is 8.08. The van der Waals surface area contributed by atoms with Gasteiger partial charge in [0.2, 0.25) is 5.91 Å². The van der Waals surface area contributed by atoms with Crippen LogP contribution in [0.1, 0.15) is 18.9 Å². The predicted octanol–water partition coefficient (Wildman–Crippen LogP) is 2.29. The van der Waals surface area contributed by atoms with Gasteiger partial charge in [-0.15, -0.1) is 23.1 Å². The lowest BCUT2D eigenvalue weighted by Crippen LogP contribution is -2.39. The van der Waals surface area contributed by atoms with E-state index in [9.17, 15) is 4.79 Å². The molecule has 0 saturated heterocycles. The van der Waals surface area contributed by atoms with Crippen molar-refractivity contribution in [1.29, 1.82) is 0 Å². The van der Waals surface area contributed by atoms with Gasteiger partial charge in [0.25, 0.3) is 0 Å². The number of carbonyl (C=O) groups excluding carboxylic acids is 1. The maximum atomic E-state index is 11.2. The molecule has 4 heteroatoms. The average Bonchev–Trinajstić information content (AvgIpc) is 2.64. The smallest absolute Gasteiger partial charge is 0.219 e. The Morgan fingerprint density at radius 1 is 1.71 bits per heavy atom. The Balaban J connectivity index is 1.97. The predicted molar refractivity (Wildman–Crippen MR) is 61.0 cm³/mol. The lowest BCUT2D eigenvalue weighted by atomic mass is 10.1. The van der Waals surface area contributed by atoms with Crippen LogP contribution in [-0.2, 0) is 11.2 Å². The Kier molecular flexibility index (Phi) is 3.13. The van der Waals surface area contributed by atoms with Crippen LogP contribution in [0.2, 0.25) is 0 Å². The first-order valence-electron chi connectivity index (χ1n) is 4.78. The first-order valence-corrected chi connectivity index (χ1v) is 6.64. The van der Waals surface area contributed by atoms with Gasteiger partial charge in [-0.1, -0.05) is 6.92 Å². The number of thiophene rings is 1. The highest BCUT2D eigenvalue weighted by Crippen LogP contribution is 2.34. The molecule has 76 valence electrons. The van der Waals surface area contributed by atoms with Gasteiger partial charge in [0.05, 0.1) is 4.21 Å². The Morgan fingerprint density at radius 2 is 2.57 bits per heavy atom. The van der Waals surface area contributed by atoms with Crippen LogP contribution in [0.4, 0.5) is 0 Å². The summed E-state index contributed by atoms with van der Waals surface area (Å²) in [7, 11) is 0. The number of hydrogen-bond acceptors (Lipinski definition) is 3. The van der Waals surface area contributed by atoms with Gasteiger partial charge in [0, 0.05) is 18.2 Å². The summed E-state index contributed by atoms with van der Waals surface area (Å²) in [5, 5.41) is 5.17. The minimum Gasteiger partial charge on any atom is -0.352 e. The van der Waals surface area contributed by atoms with E-state index in [0.29, 0.717) is 12.5 Å². The largest absolute Gasteiger partial charge is 0.352 e. The van der Waals surface area contributed by atoms with Gasteiger partial charge < -0.3 is 5.32 Å². The topological polar surface area (TPSA) is 29.1 Å². The molecule has 14 heavy (non-hydrogen) atoms. The van der Waals surface area contributed by atoms with Gasteiger partial charge in [-0.3, -0.25) is 4.79 Å². The van der Waals surface area contributed by atoms with Crippen LogP contribution in [-0.4, -0.2) is 17.7 Å². The maximum absolute atomic E-state index is 11.2. The fraction of sp³-hybridized carbons (Fsp3) is 0.500. The van der Waals surface area contributed by atoms with Crippen molar-refractivity contribution in [2.45, 2.75) is 30.0 Å². The van der Waals surface area contributed by atoms with E-state index in [1.807, 2.05) is 18.7 Å². The zero-order valence-corrected chi connectivity index (χ0v) is 9.71. The normalized spacial score (nSPS) is 20.2. The summed E-state index contributed by atoms with van der Waals surface area (Å²) in [5.74, 6) is 1.17. The number of hydrogen-bond donors (Lipinski definition) is 1. The number of carbonyl (C=O) groups is 1. The molecule has 2 heterocycles. The molecule has 0 spiro atoms. The van der Waals surface area contributed by atoms with Crippen LogP contribution in [0.15, 0.2) is 15.7 Å². The van der Waals surface area contributed by atoms with Gasteiger partial charge in [-0.2, -0.15) is 0 Å². The Morgan fingerprint density at radius 3 is 3.36 bits per heavy atom. The van der Waals surface area contributed by atoms with Gasteiger partial charge in [0.15, 0.2) is 0 Å². The molecule has 1 aromatic heterocycles. The van der Waals surface area contributed by atoms with E-state index in [0.717, 1.165) is 12.2 Å². The number of amides is 1. The molecule has 1 amide bonds. The van der Waals surface area contributed by atoms with Gasteiger partial charge in [-0.05, 0) is 23.4 Å². The summed E-state index contributed by atoms with van der Waals surface area (Å²) in [4.78, 5) is 11.2. The van der Waals surface area contributed by atoms with E-state index >= 15 is 0 Å². The molecule has 1 aliphatic heterocycles. The van der Waals surface area contributed by atoms with Crippen molar-refractivity contribution >= 4 is 29.0 Å². The molecular weight excluding hydrogens is 214 g/mol. The SMILES string of the molecule is CCC(=O)NC1CSc2sccc2C1. The number of nitrogens with one attached hydrogen (secondary N) is 1. The van der Waals surface area contributed by atoms with E-state index in [1.54, 1.807) is 11.3 Å². The molecule has 0 saturated carbocycles. The van der Waals surface area contributed by atoms with Crippen molar-refractivity contribution in [3.63, 3.8) is 0 Å². The standard InChI is InChI=1S/C10H13NOS2/c1-2-9(12)11-8-5-7-3-4-13-10(7)14-6-8/h3-4,8H,2,5-6H2,1H3,(H,11,12). The first kappa shape index (κ1) is 10.1. The summed E-state index contributed by atoms with van der Waals surface area (Å²) in [5.41, 5.74) is 1.40. The molecule has 0 bridgehead atoms. The summed E-state index contributed by atoms with van der Waals surface area (Å²) in [6, 6.07) is 2.49. The van der Waals surface area contributed by atoms with Crippen LogP contribution in [0, 0.1) is 0 Å². The van der Waals surface area contributed by atoms with Crippen LogP contribution >= 0.6 is 23.1 Å². The van der Waals surface area contributed by atoms with Gasteiger partial charge >= 0.3 is 0 Å². The van der Waals surface area contributed by atoms with E-state index in [-0.39, 0.29) is 5.91 Å². The van der Waals surface area contributed by atoms with Crippen LogP contribution in [0.25, 0.3) is 0 Å². The van der Waals surface area contributed by atoms with Crippen LogP contribution < -0.4 is 5.32 Å². The number of rotatable bonds is 2. The molecule has 2 nitrogen and oxygen atoms in total. The molecule has 1 atom stereocenters. The summed E-state index contributed by atoms with van der Waals surface area (Å²) >= 11 is 3.66. The third kappa shape index (κ3) is 2.12. The minimum absolute atomic E-state index is 0.161. The third-order valence-corrected chi connectivity index (χ3v) is 4.76. The molecule has 0 aromatic carbocycles. The summed E-state index contributed by atoms with van der Waals surface area (Å²) in [6.45, 7) is 1.89. The van der Waals surface area contributed by atoms with Crippen molar-refractivity contribution in [1.82, 2.24) is 5.32 Å². The zero-order chi connectivity index (χ0) is 9.97. The molecule has 1 aliphatic rings. The fourth-order valence-corrected chi connectivity index (χ4v) is 3.71. The average molecular weight is 227 g/mol. The molecule has 2 rings (SSSR count). The second-order valence-corrected chi connectivity index (χ2v) is 5.57. The monoisotopic (exact) mass is 227 g/mol.